The summed E-state index contributed by atoms with van der Waals surface area (Å²) in [7, 11) is 3.52. The van der Waals surface area contributed by atoms with E-state index in [1.807, 2.05) is 54.6 Å². The molecule has 2 aromatic carbocycles. The van der Waals surface area contributed by atoms with Gasteiger partial charge in [-0.25, -0.2) is 5.43 Å². The van der Waals surface area contributed by atoms with Crippen molar-refractivity contribution >= 4 is 11.6 Å². The minimum Gasteiger partial charge on any atom is -0.345 e. The highest BCUT2D eigenvalue weighted by Gasteiger charge is 2.11. The van der Waals surface area contributed by atoms with Crippen LogP contribution in [0.15, 0.2) is 54.6 Å². The Hall–Kier alpha value is -2.33. The molecule has 0 aliphatic heterocycles. The van der Waals surface area contributed by atoms with Gasteiger partial charge in [0, 0.05) is 31.9 Å². The fraction of sp³-hybridized carbons (Fsp3) is 0.188. The van der Waals surface area contributed by atoms with Crippen LogP contribution in [0.5, 0.6) is 0 Å². The highest BCUT2D eigenvalue weighted by Crippen LogP contribution is 2.11. The Morgan fingerprint density at radius 1 is 1.00 bits per heavy atom. The van der Waals surface area contributed by atoms with E-state index in [4.69, 9.17) is 0 Å². The molecule has 0 aromatic heterocycles. The van der Waals surface area contributed by atoms with E-state index in [-0.39, 0.29) is 5.91 Å². The van der Waals surface area contributed by atoms with Crippen molar-refractivity contribution in [2.24, 2.45) is 0 Å². The predicted octanol–water partition coefficient (Wildman–Crippen LogP) is 2.51. The number of benzene rings is 2. The van der Waals surface area contributed by atoms with Gasteiger partial charge in [0.25, 0.3) is 5.91 Å². The molecule has 0 saturated carbocycles. The number of rotatable bonds is 5. The molecule has 0 radical (unpaired) electrons. The number of amides is 1. The Balaban J connectivity index is 2.01. The minimum absolute atomic E-state index is 0.0158. The fourth-order valence-electron chi connectivity index (χ4n) is 1.89. The zero-order valence-corrected chi connectivity index (χ0v) is 11.8. The molecule has 104 valence electrons. The van der Waals surface area contributed by atoms with Crippen LogP contribution in [0.3, 0.4) is 0 Å². The summed E-state index contributed by atoms with van der Waals surface area (Å²) in [5, 5.41) is 0. The Morgan fingerprint density at radius 3 is 2.35 bits per heavy atom. The molecular formula is C16H19N3O. The number of nitrogens with zero attached hydrogens (tertiary/aromatic N) is 1. The average Bonchev–Trinajstić information content (AvgIpc) is 2.48. The standard InChI is InChI=1S/C16H19N3O/c1-19(2)16(20)15-11-7-6-8-13(15)12-17-18-14-9-4-3-5-10-14/h3-11,17-18H,12H2,1-2H3. The minimum atomic E-state index is 0.0158. The average molecular weight is 269 g/mol. The number of hydrogen-bond acceptors (Lipinski definition) is 3. The van der Waals surface area contributed by atoms with E-state index >= 15 is 0 Å². The molecule has 2 rings (SSSR count). The predicted molar refractivity (Wildman–Crippen MR) is 81.4 cm³/mol. The second-order valence-electron chi connectivity index (χ2n) is 4.70. The maximum absolute atomic E-state index is 12.1. The maximum atomic E-state index is 12.1. The highest BCUT2D eigenvalue weighted by atomic mass is 16.2. The van der Waals surface area contributed by atoms with Gasteiger partial charge in [-0.05, 0) is 23.8 Å². The van der Waals surface area contributed by atoms with Crippen LogP contribution in [-0.2, 0) is 6.54 Å². The van der Waals surface area contributed by atoms with Crippen molar-refractivity contribution in [3.05, 3.63) is 65.7 Å². The number of hydrazine groups is 1. The summed E-state index contributed by atoms with van der Waals surface area (Å²) in [6, 6.07) is 17.5. The molecule has 0 saturated heterocycles. The van der Waals surface area contributed by atoms with E-state index in [1.54, 1.807) is 19.0 Å². The topological polar surface area (TPSA) is 44.4 Å². The third-order valence-corrected chi connectivity index (χ3v) is 2.94. The summed E-state index contributed by atoms with van der Waals surface area (Å²) in [5.41, 5.74) is 8.92. The first kappa shape index (κ1) is 14.1. The zero-order valence-electron chi connectivity index (χ0n) is 11.8. The largest absolute Gasteiger partial charge is 0.345 e. The van der Waals surface area contributed by atoms with Gasteiger partial charge in [-0.2, -0.15) is 0 Å². The molecule has 0 atom stereocenters. The number of carbonyl (C=O) groups is 1. The summed E-state index contributed by atoms with van der Waals surface area (Å²) in [4.78, 5) is 13.7. The lowest BCUT2D eigenvalue weighted by molar-refractivity contribution is 0.0826. The summed E-state index contributed by atoms with van der Waals surface area (Å²) in [6.45, 7) is 0.574. The lowest BCUT2D eigenvalue weighted by Gasteiger charge is -2.15. The molecule has 1 amide bonds. The number of hydrogen-bond donors (Lipinski definition) is 2. The molecule has 4 heteroatoms. The van der Waals surface area contributed by atoms with Crippen LogP contribution in [0.1, 0.15) is 15.9 Å². The molecule has 0 unspecified atom stereocenters. The summed E-state index contributed by atoms with van der Waals surface area (Å²) in [6.07, 6.45) is 0. The number of para-hydroxylation sites is 1. The van der Waals surface area contributed by atoms with Gasteiger partial charge in [0.05, 0.1) is 0 Å². The van der Waals surface area contributed by atoms with Crippen molar-refractivity contribution in [2.75, 3.05) is 19.5 Å². The smallest absolute Gasteiger partial charge is 0.253 e. The number of anilines is 1. The van der Waals surface area contributed by atoms with Crippen LogP contribution in [0.2, 0.25) is 0 Å². The second-order valence-corrected chi connectivity index (χ2v) is 4.70. The maximum Gasteiger partial charge on any atom is 0.253 e. The third kappa shape index (κ3) is 3.59. The summed E-state index contributed by atoms with van der Waals surface area (Å²) >= 11 is 0. The van der Waals surface area contributed by atoms with E-state index in [9.17, 15) is 4.79 Å². The van der Waals surface area contributed by atoms with E-state index in [1.165, 1.54) is 0 Å². The quantitative estimate of drug-likeness (QED) is 0.820. The Bertz CT molecular complexity index is 567. The highest BCUT2D eigenvalue weighted by molar-refractivity contribution is 5.95. The van der Waals surface area contributed by atoms with Gasteiger partial charge in [0.15, 0.2) is 0 Å². The molecule has 4 nitrogen and oxygen atoms in total. The molecular weight excluding hydrogens is 250 g/mol. The van der Waals surface area contributed by atoms with Crippen LogP contribution in [0, 0.1) is 0 Å². The molecule has 0 heterocycles. The number of carbonyl (C=O) groups excluding carboxylic acids is 1. The fourth-order valence-corrected chi connectivity index (χ4v) is 1.89. The van der Waals surface area contributed by atoms with Crippen LogP contribution in [0.4, 0.5) is 5.69 Å². The summed E-state index contributed by atoms with van der Waals surface area (Å²) in [5.74, 6) is 0.0158. The molecule has 2 aromatic rings. The van der Waals surface area contributed by atoms with Gasteiger partial charge in [-0.15, -0.1) is 0 Å². The Morgan fingerprint density at radius 2 is 1.65 bits per heavy atom. The van der Waals surface area contributed by atoms with Gasteiger partial charge in [-0.1, -0.05) is 36.4 Å². The molecule has 0 fully saturated rings. The van der Waals surface area contributed by atoms with Gasteiger partial charge < -0.3 is 10.3 Å². The lowest BCUT2D eigenvalue weighted by Crippen LogP contribution is -2.26. The zero-order chi connectivity index (χ0) is 14.4. The van der Waals surface area contributed by atoms with Crippen molar-refractivity contribution in [2.45, 2.75) is 6.54 Å². The van der Waals surface area contributed by atoms with E-state index in [0.717, 1.165) is 16.8 Å². The van der Waals surface area contributed by atoms with Crippen molar-refractivity contribution < 1.29 is 4.79 Å². The van der Waals surface area contributed by atoms with E-state index in [0.29, 0.717) is 6.54 Å². The molecule has 0 aliphatic rings. The van der Waals surface area contributed by atoms with Gasteiger partial charge in [-0.3, -0.25) is 4.79 Å². The SMILES string of the molecule is CN(C)C(=O)c1ccccc1CNNc1ccccc1. The summed E-state index contributed by atoms with van der Waals surface area (Å²) < 4.78 is 0. The second kappa shape index (κ2) is 6.73. The van der Waals surface area contributed by atoms with Crippen molar-refractivity contribution in [1.29, 1.82) is 0 Å². The van der Waals surface area contributed by atoms with Crippen LogP contribution < -0.4 is 10.9 Å². The lowest BCUT2D eigenvalue weighted by atomic mass is 10.1. The first-order valence-corrected chi connectivity index (χ1v) is 6.52. The molecule has 20 heavy (non-hydrogen) atoms. The van der Waals surface area contributed by atoms with E-state index < -0.39 is 0 Å². The Kier molecular flexibility index (Phi) is 4.74. The first-order valence-electron chi connectivity index (χ1n) is 6.52. The Labute approximate surface area is 119 Å². The van der Waals surface area contributed by atoms with Crippen molar-refractivity contribution in [3.8, 4) is 0 Å². The van der Waals surface area contributed by atoms with Gasteiger partial charge >= 0.3 is 0 Å². The van der Waals surface area contributed by atoms with Crippen LogP contribution >= 0.6 is 0 Å². The number of nitrogens with one attached hydrogen (secondary N) is 2. The van der Waals surface area contributed by atoms with Gasteiger partial charge in [0.1, 0.15) is 0 Å². The third-order valence-electron chi connectivity index (χ3n) is 2.94. The monoisotopic (exact) mass is 269 g/mol. The van der Waals surface area contributed by atoms with Crippen LogP contribution in [0.25, 0.3) is 0 Å². The first-order chi connectivity index (χ1) is 9.68. The van der Waals surface area contributed by atoms with Crippen molar-refractivity contribution in [1.82, 2.24) is 10.3 Å². The normalized spacial score (nSPS) is 10.1. The van der Waals surface area contributed by atoms with Crippen molar-refractivity contribution in [3.63, 3.8) is 0 Å². The van der Waals surface area contributed by atoms with E-state index in [2.05, 4.69) is 10.9 Å². The molecule has 2 N–H and O–H groups in total. The molecule has 0 spiro atoms. The molecule has 0 aliphatic carbocycles. The molecule has 0 bridgehead atoms. The van der Waals surface area contributed by atoms with Crippen LogP contribution in [-0.4, -0.2) is 24.9 Å². The van der Waals surface area contributed by atoms with Gasteiger partial charge in [0.2, 0.25) is 0 Å².